The van der Waals surface area contributed by atoms with Gasteiger partial charge in [0.1, 0.15) is 0 Å². The van der Waals surface area contributed by atoms with E-state index in [2.05, 4.69) is 34.2 Å². The van der Waals surface area contributed by atoms with Crippen LogP contribution >= 0.6 is 27.3 Å². The van der Waals surface area contributed by atoms with Crippen molar-refractivity contribution in [2.75, 3.05) is 13.3 Å². The van der Waals surface area contributed by atoms with Gasteiger partial charge in [-0.05, 0) is 59.2 Å². The standard InChI is InChI=1S/C14H16BrNO2S2/c1-9-8-12(19-14(9)15)13(16-2)10-4-6-11(7-5-10)20(3,17)18/h4-8,13,16H,1-3H3. The Morgan fingerprint density at radius 3 is 2.25 bits per heavy atom. The summed E-state index contributed by atoms with van der Waals surface area (Å²) < 4.78 is 24.1. The van der Waals surface area contributed by atoms with E-state index in [1.165, 1.54) is 16.7 Å². The molecule has 0 amide bonds. The third-order valence-electron chi connectivity index (χ3n) is 3.09. The van der Waals surface area contributed by atoms with Gasteiger partial charge >= 0.3 is 0 Å². The van der Waals surface area contributed by atoms with Crippen LogP contribution in [-0.2, 0) is 9.84 Å². The fraction of sp³-hybridized carbons (Fsp3) is 0.286. The Labute approximate surface area is 132 Å². The molecule has 1 N–H and O–H groups in total. The summed E-state index contributed by atoms with van der Waals surface area (Å²) in [4.78, 5) is 1.55. The first-order valence-corrected chi connectivity index (χ1v) is 9.56. The van der Waals surface area contributed by atoms with Crippen LogP contribution in [0.2, 0.25) is 0 Å². The zero-order valence-electron chi connectivity index (χ0n) is 11.5. The summed E-state index contributed by atoms with van der Waals surface area (Å²) in [6.45, 7) is 2.06. The molecule has 108 valence electrons. The van der Waals surface area contributed by atoms with Gasteiger partial charge in [0.25, 0.3) is 0 Å². The topological polar surface area (TPSA) is 46.2 Å². The van der Waals surface area contributed by atoms with Gasteiger partial charge in [0.2, 0.25) is 0 Å². The molecule has 20 heavy (non-hydrogen) atoms. The van der Waals surface area contributed by atoms with Crippen LogP contribution in [-0.4, -0.2) is 21.7 Å². The maximum absolute atomic E-state index is 11.5. The lowest BCUT2D eigenvalue weighted by atomic mass is 10.1. The van der Waals surface area contributed by atoms with E-state index in [1.807, 2.05) is 19.2 Å². The molecule has 1 unspecified atom stereocenters. The third-order valence-corrected chi connectivity index (χ3v) is 6.42. The van der Waals surface area contributed by atoms with Crippen molar-refractivity contribution in [1.82, 2.24) is 5.32 Å². The van der Waals surface area contributed by atoms with E-state index >= 15 is 0 Å². The van der Waals surface area contributed by atoms with E-state index < -0.39 is 9.84 Å². The van der Waals surface area contributed by atoms with E-state index in [9.17, 15) is 8.42 Å². The highest BCUT2D eigenvalue weighted by atomic mass is 79.9. The molecule has 0 aliphatic heterocycles. The molecule has 3 nitrogen and oxygen atoms in total. The van der Waals surface area contributed by atoms with E-state index in [0.717, 1.165) is 9.35 Å². The Kier molecular flexibility index (Phi) is 4.69. The number of benzene rings is 1. The number of nitrogens with one attached hydrogen (secondary N) is 1. The van der Waals surface area contributed by atoms with Crippen LogP contribution in [0.25, 0.3) is 0 Å². The van der Waals surface area contributed by atoms with Crippen molar-refractivity contribution < 1.29 is 8.42 Å². The van der Waals surface area contributed by atoms with Gasteiger partial charge in [0.05, 0.1) is 14.7 Å². The van der Waals surface area contributed by atoms with Crippen molar-refractivity contribution in [3.63, 3.8) is 0 Å². The van der Waals surface area contributed by atoms with Gasteiger partial charge < -0.3 is 5.32 Å². The van der Waals surface area contributed by atoms with Crippen LogP contribution < -0.4 is 5.32 Å². The predicted octanol–water partition coefficient (Wildman–Crippen LogP) is 3.53. The molecule has 0 saturated carbocycles. The second kappa shape index (κ2) is 5.97. The highest BCUT2D eigenvalue weighted by Crippen LogP contribution is 2.34. The first-order chi connectivity index (χ1) is 9.32. The molecule has 1 heterocycles. The van der Waals surface area contributed by atoms with Crippen molar-refractivity contribution in [2.45, 2.75) is 17.9 Å². The number of aryl methyl sites for hydroxylation is 1. The lowest BCUT2D eigenvalue weighted by Crippen LogP contribution is -2.16. The highest BCUT2D eigenvalue weighted by molar-refractivity contribution is 9.11. The fourth-order valence-corrected chi connectivity index (χ4v) is 4.35. The molecule has 1 atom stereocenters. The van der Waals surface area contributed by atoms with Gasteiger partial charge in [-0.15, -0.1) is 11.3 Å². The van der Waals surface area contributed by atoms with Gasteiger partial charge in [0.15, 0.2) is 9.84 Å². The Hall–Kier alpha value is -0.690. The second-order valence-electron chi connectivity index (χ2n) is 4.67. The number of halogens is 1. The number of hydrogen-bond donors (Lipinski definition) is 1. The van der Waals surface area contributed by atoms with Crippen LogP contribution in [0.15, 0.2) is 39.0 Å². The zero-order valence-corrected chi connectivity index (χ0v) is 14.7. The average molecular weight is 374 g/mol. The maximum atomic E-state index is 11.5. The first-order valence-electron chi connectivity index (χ1n) is 6.06. The molecule has 0 aliphatic carbocycles. The van der Waals surface area contributed by atoms with E-state index in [4.69, 9.17) is 0 Å². The Bertz CT molecular complexity index is 686. The van der Waals surface area contributed by atoms with Crippen molar-refractivity contribution in [2.24, 2.45) is 0 Å². The molecule has 1 aromatic heterocycles. The smallest absolute Gasteiger partial charge is 0.175 e. The minimum Gasteiger partial charge on any atom is -0.309 e. The minimum atomic E-state index is -3.14. The summed E-state index contributed by atoms with van der Waals surface area (Å²) in [6, 6.07) is 9.25. The van der Waals surface area contributed by atoms with E-state index in [1.54, 1.807) is 23.5 Å². The van der Waals surface area contributed by atoms with Gasteiger partial charge in [-0.1, -0.05) is 12.1 Å². The molecule has 0 spiro atoms. The maximum Gasteiger partial charge on any atom is 0.175 e. The Morgan fingerprint density at radius 1 is 1.25 bits per heavy atom. The minimum absolute atomic E-state index is 0.0682. The summed E-state index contributed by atoms with van der Waals surface area (Å²) in [5.41, 5.74) is 2.26. The molecule has 0 saturated heterocycles. The first kappa shape index (κ1) is 15.7. The van der Waals surface area contributed by atoms with Crippen LogP contribution in [0.5, 0.6) is 0 Å². The molecular weight excluding hydrogens is 358 g/mol. The summed E-state index contributed by atoms with van der Waals surface area (Å²) in [5, 5.41) is 3.27. The molecule has 0 aliphatic rings. The largest absolute Gasteiger partial charge is 0.309 e. The lowest BCUT2D eigenvalue weighted by Gasteiger charge is -2.15. The number of hydrogen-bond acceptors (Lipinski definition) is 4. The highest BCUT2D eigenvalue weighted by Gasteiger charge is 2.16. The van der Waals surface area contributed by atoms with Crippen LogP contribution in [0, 0.1) is 6.92 Å². The van der Waals surface area contributed by atoms with Crippen LogP contribution in [0.4, 0.5) is 0 Å². The Morgan fingerprint density at radius 2 is 1.85 bits per heavy atom. The molecule has 1 aromatic carbocycles. The predicted molar refractivity (Wildman–Crippen MR) is 87.2 cm³/mol. The third kappa shape index (κ3) is 3.31. The molecule has 2 rings (SSSR count). The summed E-state index contributed by atoms with van der Waals surface area (Å²) in [7, 11) is -1.24. The fourth-order valence-electron chi connectivity index (χ4n) is 2.01. The molecule has 0 fully saturated rings. The van der Waals surface area contributed by atoms with Gasteiger partial charge in [-0.3, -0.25) is 0 Å². The van der Waals surface area contributed by atoms with E-state index in [0.29, 0.717) is 4.90 Å². The van der Waals surface area contributed by atoms with Gasteiger partial charge in [0, 0.05) is 11.1 Å². The molecule has 2 aromatic rings. The van der Waals surface area contributed by atoms with Crippen molar-refractivity contribution >= 4 is 37.1 Å². The van der Waals surface area contributed by atoms with Gasteiger partial charge in [-0.25, -0.2) is 8.42 Å². The number of sulfone groups is 1. The SMILES string of the molecule is CNC(c1ccc(S(C)(=O)=O)cc1)c1cc(C)c(Br)s1. The van der Waals surface area contributed by atoms with Crippen LogP contribution in [0.1, 0.15) is 22.0 Å². The molecule has 0 bridgehead atoms. The normalized spacial score (nSPS) is 13.4. The van der Waals surface area contributed by atoms with Crippen molar-refractivity contribution in [3.8, 4) is 0 Å². The van der Waals surface area contributed by atoms with Crippen molar-refractivity contribution in [1.29, 1.82) is 0 Å². The zero-order chi connectivity index (χ0) is 14.9. The summed E-state index contributed by atoms with van der Waals surface area (Å²) in [6.07, 6.45) is 1.22. The second-order valence-corrected chi connectivity index (χ2v) is 9.09. The Balaban J connectivity index is 2.37. The van der Waals surface area contributed by atoms with Gasteiger partial charge in [-0.2, -0.15) is 0 Å². The monoisotopic (exact) mass is 373 g/mol. The molecular formula is C14H16BrNO2S2. The number of thiophene rings is 1. The summed E-state index contributed by atoms with van der Waals surface area (Å²) >= 11 is 5.22. The molecule has 6 heteroatoms. The quantitative estimate of drug-likeness (QED) is 0.891. The van der Waals surface area contributed by atoms with E-state index in [-0.39, 0.29) is 6.04 Å². The summed E-state index contributed by atoms with van der Waals surface area (Å²) in [5.74, 6) is 0. The molecule has 0 radical (unpaired) electrons. The van der Waals surface area contributed by atoms with Crippen LogP contribution in [0.3, 0.4) is 0 Å². The number of rotatable bonds is 4. The van der Waals surface area contributed by atoms with Crippen molar-refractivity contribution in [3.05, 3.63) is 50.1 Å². The average Bonchev–Trinajstić information content (AvgIpc) is 2.70. The lowest BCUT2D eigenvalue weighted by molar-refractivity contribution is 0.601.